The Balaban J connectivity index is 1.71. The number of hydrogen-bond donors (Lipinski definition) is 1. The molecule has 0 bridgehead atoms. The van der Waals surface area contributed by atoms with Crippen LogP contribution in [0.3, 0.4) is 0 Å². The highest BCUT2D eigenvalue weighted by molar-refractivity contribution is 5.06. The molecule has 1 atom stereocenters. The zero-order chi connectivity index (χ0) is 11.2. The van der Waals surface area contributed by atoms with Crippen molar-refractivity contribution < 1.29 is 9.47 Å². The molecule has 16 heavy (non-hydrogen) atoms. The summed E-state index contributed by atoms with van der Waals surface area (Å²) in [5.41, 5.74) is 1.32. The first kappa shape index (κ1) is 11.6. The third-order valence-corrected chi connectivity index (χ3v) is 2.83. The highest BCUT2D eigenvalue weighted by Crippen LogP contribution is 2.03. The summed E-state index contributed by atoms with van der Waals surface area (Å²) >= 11 is 0. The van der Waals surface area contributed by atoms with Crippen LogP contribution >= 0.6 is 0 Å². The predicted molar refractivity (Wildman–Crippen MR) is 62.4 cm³/mol. The van der Waals surface area contributed by atoms with Crippen LogP contribution in [0.1, 0.15) is 12.6 Å². The molecule has 1 saturated heterocycles. The number of aryl methyl sites for hydroxylation is 1. The Morgan fingerprint density at radius 3 is 3.19 bits per heavy atom. The Morgan fingerprint density at radius 2 is 2.44 bits per heavy atom. The molecule has 1 aliphatic heterocycles. The van der Waals surface area contributed by atoms with Crippen LogP contribution in [-0.2, 0) is 22.6 Å². The Bertz CT molecular complexity index is 306. The van der Waals surface area contributed by atoms with E-state index in [1.165, 1.54) is 5.69 Å². The van der Waals surface area contributed by atoms with Crippen molar-refractivity contribution in [2.75, 3.05) is 26.4 Å². The Morgan fingerprint density at radius 1 is 1.50 bits per heavy atom. The van der Waals surface area contributed by atoms with E-state index < -0.39 is 0 Å². The molecular weight excluding hydrogens is 204 g/mol. The molecule has 1 aromatic heterocycles. The summed E-state index contributed by atoms with van der Waals surface area (Å²) in [7, 11) is 0. The van der Waals surface area contributed by atoms with Crippen LogP contribution in [0, 0.1) is 0 Å². The lowest BCUT2D eigenvalue weighted by Gasteiger charge is -2.23. The van der Waals surface area contributed by atoms with Gasteiger partial charge in [0, 0.05) is 31.5 Å². The van der Waals surface area contributed by atoms with Crippen molar-refractivity contribution in [2.45, 2.75) is 26.1 Å². The molecule has 4 nitrogen and oxygen atoms in total. The molecule has 1 aliphatic rings. The third-order valence-electron chi connectivity index (χ3n) is 2.83. The monoisotopic (exact) mass is 224 g/mol. The van der Waals surface area contributed by atoms with Crippen LogP contribution in [0.5, 0.6) is 0 Å². The van der Waals surface area contributed by atoms with Gasteiger partial charge >= 0.3 is 0 Å². The van der Waals surface area contributed by atoms with E-state index in [2.05, 4.69) is 35.1 Å². The second-order valence-electron chi connectivity index (χ2n) is 3.98. The topological polar surface area (TPSA) is 35.4 Å². The van der Waals surface area contributed by atoms with Gasteiger partial charge in [-0.3, -0.25) is 0 Å². The van der Waals surface area contributed by atoms with Gasteiger partial charge in [-0.05, 0) is 19.1 Å². The minimum absolute atomic E-state index is 0.207. The maximum atomic E-state index is 5.56. The average Bonchev–Trinajstić information content (AvgIpc) is 2.78. The Kier molecular flexibility index (Phi) is 4.39. The fourth-order valence-electron chi connectivity index (χ4n) is 1.93. The summed E-state index contributed by atoms with van der Waals surface area (Å²) in [5.74, 6) is 0. The maximum absolute atomic E-state index is 5.56. The number of nitrogens with one attached hydrogen (secondary N) is 1. The van der Waals surface area contributed by atoms with Gasteiger partial charge in [-0.25, -0.2) is 0 Å². The third kappa shape index (κ3) is 3.07. The molecule has 0 amide bonds. The van der Waals surface area contributed by atoms with Crippen LogP contribution in [0.2, 0.25) is 0 Å². The number of rotatable bonds is 5. The van der Waals surface area contributed by atoms with Crippen LogP contribution in [0.15, 0.2) is 18.3 Å². The number of hydrogen-bond acceptors (Lipinski definition) is 3. The summed E-state index contributed by atoms with van der Waals surface area (Å²) in [6.45, 7) is 7.08. The highest BCUT2D eigenvalue weighted by atomic mass is 16.6. The molecule has 1 fully saturated rings. The van der Waals surface area contributed by atoms with E-state index in [1.54, 1.807) is 0 Å². The molecule has 1 aromatic rings. The minimum atomic E-state index is 0.207. The van der Waals surface area contributed by atoms with Gasteiger partial charge in [-0.15, -0.1) is 0 Å². The molecule has 1 N–H and O–H groups in total. The molecule has 4 heteroatoms. The smallest absolute Gasteiger partial charge is 0.0933 e. The van der Waals surface area contributed by atoms with Crippen molar-refractivity contribution in [1.82, 2.24) is 9.88 Å². The van der Waals surface area contributed by atoms with Crippen molar-refractivity contribution in [3.8, 4) is 0 Å². The maximum Gasteiger partial charge on any atom is 0.0933 e. The molecule has 90 valence electrons. The highest BCUT2D eigenvalue weighted by Gasteiger charge is 2.13. The van der Waals surface area contributed by atoms with Crippen molar-refractivity contribution in [1.29, 1.82) is 0 Å². The van der Waals surface area contributed by atoms with Gasteiger partial charge in [0.1, 0.15) is 0 Å². The lowest BCUT2D eigenvalue weighted by atomic mass is 10.3. The first-order chi connectivity index (χ1) is 7.90. The van der Waals surface area contributed by atoms with Crippen LogP contribution in [0.4, 0.5) is 0 Å². The number of aromatic nitrogens is 1. The SMILES string of the molecule is CCn1cccc1CNCC1COCCO1. The van der Waals surface area contributed by atoms with Gasteiger partial charge in [0.05, 0.1) is 25.9 Å². The standard InChI is InChI=1S/C12H20N2O2/c1-2-14-5-3-4-11(14)8-13-9-12-10-15-6-7-16-12/h3-5,12-13H,2,6-10H2,1H3. The Hall–Kier alpha value is -0.840. The minimum Gasteiger partial charge on any atom is -0.376 e. The van der Waals surface area contributed by atoms with Crippen LogP contribution in [0.25, 0.3) is 0 Å². The van der Waals surface area contributed by atoms with Crippen molar-refractivity contribution in [3.63, 3.8) is 0 Å². The lowest BCUT2D eigenvalue weighted by molar-refractivity contribution is -0.0864. The summed E-state index contributed by atoms with van der Waals surface area (Å²) < 4.78 is 13.1. The van der Waals surface area contributed by atoms with E-state index >= 15 is 0 Å². The fourth-order valence-corrected chi connectivity index (χ4v) is 1.93. The fraction of sp³-hybridized carbons (Fsp3) is 0.667. The molecule has 0 aliphatic carbocycles. The van der Waals surface area contributed by atoms with Gasteiger partial charge in [0.15, 0.2) is 0 Å². The zero-order valence-electron chi connectivity index (χ0n) is 9.82. The molecule has 0 spiro atoms. The van der Waals surface area contributed by atoms with E-state index in [0.29, 0.717) is 6.61 Å². The van der Waals surface area contributed by atoms with Gasteiger partial charge in [-0.2, -0.15) is 0 Å². The summed E-state index contributed by atoms with van der Waals surface area (Å²) in [6.07, 6.45) is 2.32. The first-order valence-electron chi connectivity index (χ1n) is 5.94. The van der Waals surface area contributed by atoms with Crippen LogP contribution < -0.4 is 5.32 Å². The number of ether oxygens (including phenoxy) is 2. The van der Waals surface area contributed by atoms with Gasteiger partial charge < -0.3 is 19.4 Å². The van der Waals surface area contributed by atoms with E-state index in [9.17, 15) is 0 Å². The lowest BCUT2D eigenvalue weighted by Crippen LogP contribution is -2.37. The zero-order valence-corrected chi connectivity index (χ0v) is 9.82. The van der Waals surface area contributed by atoms with Gasteiger partial charge in [0.25, 0.3) is 0 Å². The molecule has 2 rings (SSSR count). The molecule has 1 unspecified atom stereocenters. The van der Waals surface area contributed by atoms with E-state index in [0.717, 1.165) is 32.8 Å². The molecule has 0 saturated carbocycles. The average molecular weight is 224 g/mol. The van der Waals surface area contributed by atoms with Crippen molar-refractivity contribution in [3.05, 3.63) is 24.0 Å². The predicted octanol–water partition coefficient (Wildman–Crippen LogP) is 1.01. The first-order valence-corrected chi connectivity index (χ1v) is 5.94. The van der Waals surface area contributed by atoms with Gasteiger partial charge in [0.2, 0.25) is 0 Å². The summed E-state index contributed by atoms with van der Waals surface area (Å²) in [5, 5.41) is 3.41. The summed E-state index contributed by atoms with van der Waals surface area (Å²) in [4.78, 5) is 0. The number of nitrogens with zero attached hydrogens (tertiary/aromatic N) is 1. The molecule has 2 heterocycles. The largest absolute Gasteiger partial charge is 0.376 e. The van der Waals surface area contributed by atoms with E-state index in [-0.39, 0.29) is 6.10 Å². The normalized spacial score (nSPS) is 21.2. The quantitative estimate of drug-likeness (QED) is 0.811. The van der Waals surface area contributed by atoms with Gasteiger partial charge in [-0.1, -0.05) is 0 Å². The van der Waals surface area contributed by atoms with Crippen molar-refractivity contribution >= 4 is 0 Å². The van der Waals surface area contributed by atoms with Crippen LogP contribution in [-0.4, -0.2) is 37.0 Å². The Labute approximate surface area is 96.5 Å². The molecule has 0 radical (unpaired) electrons. The summed E-state index contributed by atoms with van der Waals surface area (Å²) in [6, 6.07) is 4.23. The molecular formula is C12H20N2O2. The second-order valence-corrected chi connectivity index (χ2v) is 3.98. The van der Waals surface area contributed by atoms with E-state index in [1.807, 2.05) is 0 Å². The molecule has 0 aromatic carbocycles. The second kappa shape index (κ2) is 6.03. The van der Waals surface area contributed by atoms with E-state index in [4.69, 9.17) is 9.47 Å². The van der Waals surface area contributed by atoms with Crippen molar-refractivity contribution in [2.24, 2.45) is 0 Å².